The van der Waals surface area contributed by atoms with Crippen molar-refractivity contribution < 1.29 is 14.4 Å². The molecule has 0 bridgehead atoms. The van der Waals surface area contributed by atoms with Gasteiger partial charge in [0.2, 0.25) is 5.91 Å². The SMILES string of the molecule is CCN1CCN(CC(=O)NC(CN2CCN(C)CC2)c2ccccc2)C(=O)C1=O. The van der Waals surface area contributed by atoms with Crippen LogP contribution in [0.1, 0.15) is 18.5 Å². The van der Waals surface area contributed by atoms with E-state index >= 15 is 0 Å². The molecule has 0 radical (unpaired) electrons. The molecule has 2 heterocycles. The van der Waals surface area contributed by atoms with Gasteiger partial charge in [-0.05, 0) is 19.5 Å². The molecule has 0 spiro atoms. The van der Waals surface area contributed by atoms with E-state index in [0.717, 1.165) is 38.3 Å². The number of hydrogen-bond acceptors (Lipinski definition) is 5. The molecule has 2 saturated heterocycles. The maximum atomic E-state index is 12.7. The molecule has 1 atom stereocenters. The Labute approximate surface area is 172 Å². The maximum Gasteiger partial charge on any atom is 0.312 e. The fourth-order valence-electron chi connectivity index (χ4n) is 3.79. The van der Waals surface area contributed by atoms with Gasteiger partial charge >= 0.3 is 11.8 Å². The first kappa shape index (κ1) is 21.3. The van der Waals surface area contributed by atoms with Crippen molar-refractivity contribution in [1.29, 1.82) is 0 Å². The van der Waals surface area contributed by atoms with E-state index < -0.39 is 11.8 Å². The summed E-state index contributed by atoms with van der Waals surface area (Å²) >= 11 is 0. The molecule has 1 unspecified atom stereocenters. The highest BCUT2D eigenvalue weighted by Gasteiger charge is 2.33. The molecular formula is C21H31N5O3. The number of nitrogens with one attached hydrogen (secondary N) is 1. The number of likely N-dealkylation sites (N-methyl/N-ethyl adjacent to an activating group) is 2. The number of benzene rings is 1. The van der Waals surface area contributed by atoms with Gasteiger partial charge in [-0.1, -0.05) is 30.3 Å². The summed E-state index contributed by atoms with van der Waals surface area (Å²) in [6, 6.07) is 9.74. The Morgan fingerprint density at radius 3 is 2.24 bits per heavy atom. The summed E-state index contributed by atoms with van der Waals surface area (Å²) in [7, 11) is 2.12. The van der Waals surface area contributed by atoms with Gasteiger partial charge in [0, 0.05) is 52.4 Å². The van der Waals surface area contributed by atoms with Gasteiger partial charge in [0.1, 0.15) is 6.54 Å². The minimum Gasteiger partial charge on any atom is -0.346 e. The largest absolute Gasteiger partial charge is 0.346 e. The topological polar surface area (TPSA) is 76.2 Å². The Hall–Kier alpha value is -2.45. The highest BCUT2D eigenvalue weighted by Crippen LogP contribution is 2.16. The van der Waals surface area contributed by atoms with Crippen LogP contribution in [0.3, 0.4) is 0 Å². The quantitative estimate of drug-likeness (QED) is 0.640. The zero-order chi connectivity index (χ0) is 20.8. The second-order valence-electron chi connectivity index (χ2n) is 7.75. The van der Waals surface area contributed by atoms with Crippen molar-refractivity contribution >= 4 is 17.7 Å². The Morgan fingerprint density at radius 1 is 0.966 bits per heavy atom. The van der Waals surface area contributed by atoms with Crippen molar-refractivity contribution in [2.45, 2.75) is 13.0 Å². The van der Waals surface area contributed by atoms with Crippen LogP contribution in [-0.4, -0.2) is 103 Å². The summed E-state index contributed by atoms with van der Waals surface area (Å²) in [6.07, 6.45) is 0. The van der Waals surface area contributed by atoms with Crippen LogP contribution in [0.2, 0.25) is 0 Å². The molecule has 29 heavy (non-hydrogen) atoms. The van der Waals surface area contributed by atoms with E-state index in [9.17, 15) is 14.4 Å². The predicted molar refractivity (Wildman–Crippen MR) is 110 cm³/mol. The molecule has 2 aliphatic rings. The summed E-state index contributed by atoms with van der Waals surface area (Å²) in [4.78, 5) is 44.6. The van der Waals surface area contributed by atoms with Gasteiger partial charge in [-0.25, -0.2) is 0 Å². The Morgan fingerprint density at radius 2 is 1.59 bits per heavy atom. The lowest BCUT2D eigenvalue weighted by molar-refractivity contribution is -0.156. The summed E-state index contributed by atoms with van der Waals surface area (Å²) in [5, 5.41) is 3.09. The third-order valence-electron chi connectivity index (χ3n) is 5.69. The van der Waals surface area contributed by atoms with E-state index in [1.165, 1.54) is 9.80 Å². The summed E-state index contributed by atoms with van der Waals surface area (Å²) < 4.78 is 0. The maximum absolute atomic E-state index is 12.7. The zero-order valence-corrected chi connectivity index (χ0v) is 17.3. The van der Waals surface area contributed by atoms with Crippen LogP contribution >= 0.6 is 0 Å². The molecule has 1 aromatic carbocycles. The van der Waals surface area contributed by atoms with Gasteiger partial charge in [0.15, 0.2) is 0 Å². The number of nitrogens with zero attached hydrogens (tertiary/aromatic N) is 4. The number of piperazine rings is 2. The zero-order valence-electron chi connectivity index (χ0n) is 17.3. The fraction of sp³-hybridized carbons (Fsp3) is 0.571. The van der Waals surface area contributed by atoms with Crippen LogP contribution in [0.25, 0.3) is 0 Å². The van der Waals surface area contributed by atoms with E-state index in [1.54, 1.807) is 0 Å². The van der Waals surface area contributed by atoms with Gasteiger partial charge in [-0.2, -0.15) is 0 Å². The van der Waals surface area contributed by atoms with Crippen molar-refractivity contribution in [2.24, 2.45) is 0 Å². The lowest BCUT2D eigenvalue weighted by atomic mass is 10.1. The molecule has 0 aromatic heterocycles. The van der Waals surface area contributed by atoms with Crippen LogP contribution in [0.15, 0.2) is 30.3 Å². The number of carbonyl (C=O) groups is 3. The molecule has 8 nitrogen and oxygen atoms in total. The van der Waals surface area contributed by atoms with Crippen LogP contribution in [0, 0.1) is 0 Å². The molecule has 3 amide bonds. The molecular weight excluding hydrogens is 370 g/mol. The van der Waals surface area contributed by atoms with Crippen LogP contribution in [0.5, 0.6) is 0 Å². The van der Waals surface area contributed by atoms with E-state index in [0.29, 0.717) is 19.6 Å². The van der Waals surface area contributed by atoms with Crippen molar-refractivity contribution in [3.05, 3.63) is 35.9 Å². The highest BCUT2D eigenvalue weighted by atomic mass is 16.2. The standard InChI is InChI=1S/C21H31N5O3/c1-3-25-13-14-26(21(29)20(25)28)16-19(27)22-18(17-7-5-4-6-8-17)15-24-11-9-23(2)10-12-24/h4-8,18H,3,9-16H2,1-2H3,(H,22,27). The summed E-state index contributed by atoms with van der Waals surface area (Å²) in [5.41, 5.74) is 1.04. The first-order valence-electron chi connectivity index (χ1n) is 10.3. The Balaban J connectivity index is 1.62. The average Bonchev–Trinajstić information content (AvgIpc) is 2.73. The minimum absolute atomic E-state index is 0.0891. The first-order chi connectivity index (χ1) is 14.0. The van der Waals surface area contributed by atoms with E-state index in [4.69, 9.17) is 0 Å². The third kappa shape index (κ3) is 5.55. The van der Waals surface area contributed by atoms with Gasteiger partial charge in [0.05, 0.1) is 6.04 Å². The second kappa shape index (κ2) is 9.84. The normalized spacial score (nSPS) is 20.1. The van der Waals surface area contributed by atoms with E-state index in [-0.39, 0.29) is 18.5 Å². The van der Waals surface area contributed by atoms with Gasteiger partial charge in [0.25, 0.3) is 0 Å². The predicted octanol–water partition coefficient (Wildman–Crippen LogP) is -0.218. The van der Waals surface area contributed by atoms with Crippen molar-refractivity contribution in [3.8, 4) is 0 Å². The Bertz CT molecular complexity index is 718. The van der Waals surface area contributed by atoms with Gasteiger partial charge in [-0.15, -0.1) is 0 Å². The molecule has 2 fully saturated rings. The summed E-state index contributed by atoms with van der Waals surface area (Å²) in [5.74, 6) is -1.36. The van der Waals surface area contributed by atoms with E-state index in [1.807, 2.05) is 37.3 Å². The highest BCUT2D eigenvalue weighted by molar-refractivity contribution is 6.35. The lowest BCUT2D eigenvalue weighted by Gasteiger charge is -2.35. The number of hydrogen-bond donors (Lipinski definition) is 1. The second-order valence-corrected chi connectivity index (χ2v) is 7.75. The Kier molecular flexibility index (Phi) is 7.22. The van der Waals surface area contributed by atoms with Crippen LogP contribution < -0.4 is 5.32 Å². The average molecular weight is 402 g/mol. The van der Waals surface area contributed by atoms with Gasteiger partial charge < -0.3 is 20.0 Å². The number of carbonyl (C=O) groups excluding carboxylic acids is 3. The van der Waals surface area contributed by atoms with Crippen molar-refractivity contribution in [1.82, 2.24) is 24.9 Å². The molecule has 2 aliphatic heterocycles. The molecule has 0 aliphatic carbocycles. The smallest absolute Gasteiger partial charge is 0.312 e. The minimum atomic E-state index is -0.594. The molecule has 8 heteroatoms. The van der Waals surface area contributed by atoms with Crippen molar-refractivity contribution in [3.63, 3.8) is 0 Å². The number of amides is 3. The first-order valence-corrected chi connectivity index (χ1v) is 10.3. The monoisotopic (exact) mass is 401 g/mol. The van der Waals surface area contributed by atoms with Crippen LogP contribution in [0.4, 0.5) is 0 Å². The lowest BCUT2D eigenvalue weighted by Crippen LogP contribution is -2.56. The van der Waals surface area contributed by atoms with Crippen LogP contribution in [-0.2, 0) is 14.4 Å². The number of rotatable bonds is 7. The van der Waals surface area contributed by atoms with Gasteiger partial charge in [-0.3, -0.25) is 19.3 Å². The molecule has 3 rings (SSSR count). The fourth-order valence-corrected chi connectivity index (χ4v) is 3.79. The molecule has 0 saturated carbocycles. The van der Waals surface area contributed by atoms with E-state index in [2.05, 4.69) is 22.2 Å². The van der Waals surface area contributed by atoms with Crippen molar-refractivity contribution in [2.75, 3.05) is 66.0 Å². The molecule has 1 N–H and O–H groups in total. The third-order valence-corrected chi connectivity index (χ3v) is 5.69. The summed E-state index contributed by atoms with van der Waals surface area (Å²) in [6.45, 7) is 7.78. The molecule has 1 aromatic rings. The molecule has 158 valence electrons.